The molecule has 1 aromatic heterocycles. The number of nitrogens with zero attached hydrogens (tertiary/aromatic N) is 2. The van der Waals surface area contributed by atoms with Crippen molar-refractivity contribution >= 4 is 23.7 Å². The molecule has 0 spiro atoms. The number of aliphatic hydroxyl groups excluding tert-OH is 1. The zero-order valence-corrected chi connectivity index (χ0v) is 24.6. The SMILES string of the molecule is C[C@@]1(OC(=O)c2ccccc2)[C@H](OC(=O)c2ccccc2)[C@@H](COC(=O)c2ccccc2)O[C@H]1n1cc(C#CCO)c(N)nc1=O. The Morgan fingerprint density at radius 2 is 1.46 bits per heavy atom. The van der Waals surface area contributed by atoms with E-state index in [1.165, 1.54) is 37.4 Å². The minimum Gasteiger partial charge on any atom is -0.459 e. The van der Waals surface area contributed by atoms with Gasteiger partial charge >= 0.3 is 23.6 Å². The van der Waals surface area contributed by atoms with Gasteiger partial charge in [-0.3, -0.25) is 4.57 Å². The summed E-state index contributed by atoms with van der Waals surface area (Å²) in [6, 6.07) is 24.3. The van der Waals surface area contributed by atoms with Gasteiger partial charge in [0.05, 0.1) is 22.3 Å². The van der Waals surface area contributed by atoms with Crippen LogP contribution in [0, 0.1) is 11.8 Å². The highest BCUT2D eigenvalue weighted by molar-refractivity contribution is 5.91. The van der Waals surface area contributed by atoms with Crippen molar-refractivity contribution < 1.29 is 38.4 Å². The maximum Gasteiger partial charge on any atom is 0.351 e. The molecule has 12 nitrogen and oxygen atoms in total. The quantitative estimate of drug-likeness (QED) is 0.168. The van der Waals surface area contributed by atoms with E-state index >= 15 is 0 Å². The summed E-state index contributed by atoms with van der Waals surface area (Å²) >= 11 is 0. The van der Waals surface area contributed by atoms with E-state index in [2.05, 4.69) is 16.8 Å². The van der Waals surface area contributed by atoms with Crippen LogP contribution < -0.4 is 11.4 Å². The summed E-state index contributed by atoms with van der Waals surface area (Å²) in [5.74, 6) is 2.58. The molecule has 1 aliphatic heterocycles. The maximum atomic E-state index is 13.5. The number of hydrogen-bond acceptors (Lipinski definition) is 11. The van der Waals surface area contributed by atoms with Crippen LogP contribution in [0.3, 0.4) is 0 Å². The van der Waals surface area contributed by atoms with Crippen molar-refractivity contribution in [1.29, 1.82) is 0 Å². The van der Waals surface area contributed by atoms with E-state index < -0.39 is 60.8 Å². The van der Waals surface area contributed by atoms with Crippen LogP contribution in [0.5, 0.6) is 0 Å². The number of aliphatic hydroxyl groups is 1. The Kier molecular flexibility index (Phi) is 9.56. The van der Waals surface area contributed by atoms with E-state index in [1.54, 1.807) is 66.7 Å². The third kappa shape index (κ3) is 6.81. The number of nitrogens with two attached hydrogens (primary N) is 1. The van der Waals surface area contributed by atoms with Crippen LogP contribution in [0.25, 0.3) is 0 Å². The van der Waals surface area contributed by atoms with Gasteiger partial charge in [0, 0.05) is 6.20 Å². The van der Waals surface area contributed by atoms with Gasteiger partial charge in [0.25, 0.3) is 0 Å². The number of nitrogen functional groups attached to an aromatic ring is 1. The van der Waals surface area contributed by atoms with Crippen molar-refractivity contribution in [2.24, 2.45) is 0 Å². The van der Waals surface area contributed by atoms with E-state index in [-0.39, 0.29) is 28.1 Å². The van der Waals surface area contributed by atoms with Crippen LogP contribution in [0.2, 0.25) is 0 Å². The summed E-state index contributed by atoms with van der Waals surface area (Å²) in [7, 11) is 0. The molecule has 0 amide bonds. The third-order valence-electron chi connectivity index (χ3n) is 7.19. The molecule has 1 fully saturated rings. The molecule has 234 valence electrons. The Morgan fingerprint density at radius 1 is 0.913 bits per heavy atom. The number of anilines is 1. The zero-order valence-electron chi connectivity index (χ0n) is 24.6. The zero-order chi connectivity index (χ0) is 32.7. The Bertz CT molecular complexity index is 1840. The summed E-state index contributed by atoms with van der Waals surface area (Å²) in [5, 5.41) is 9.20. The Balaban J connectivity index is 1.59. The smallest absolute Gasteiger partial charge is 0.351 e. The molecule has 1 saturated heterocycles. The van der Waals surface area contributed by atoms with Gasteiger partial charge in [-0.05, 0) is 43.3 Å². The second-order valence-corrected chi connectivity index (χ2v) is 10.3. The fourth-order valence-electron chi connectivity index (χ4n) is 4.94. The molecular formula is C34H29N3O9. The number of hydrogen-bond donors (Lipinski definition) is 2. The van der Waals surface area contributed by atoms with Gasteiger partial charge in [-0.1, -0.05) is 66.4 Å². The standard InChI is InChI=1S/C34H29N3O9/c1-34(46-31(41)24-16-9-4-10-17-24)27(45-30(40)23-14-7-3-8-15-23)26(21-43-29(39)22-12-5-2-6-13-22)44-32(34)37-20-25(18-11-19-38)28(35)36-33(37)42/h2-10,12-17,20,26-27,32,38H,19,21H2,1H3,(H2,35,36,42)/t26-,27-,32-,34-/m1/s1. The number of ether oxygens (including phenoxy) is 4. The summed E-state index contributed by atoms with van der Waals surface area (Å²) in [5.41, 5.74) is 3.81. The van der Waals surface area contributed by atoms with Crippen molar-refractivity contribution in [1.82, 2.24) is 9.55 Å². The van der Waals surface area contributed by atoms with Crippen LogP contribution in [0.15, 0.2) is 102 Å². The van der Waals surface area contributed by atoms with E-state index in [0.717, 1.165) is 4.57 Å². The molecule has 0 aliphatic carbocycles. The van der Waals surface area contributed by atoms with Crippen LogP contribution >= 0.6 is 0 Å². The predicted molar refractivity (Wildman–Crippen MR) is 163 cm³/mol. The highest BCUT2D eigenvalue weighted by Crippen LogP contribution is 2.43. The number of esters is 3. The van der Waals surface area contributed by atoms with Gasteiger partial charge in [-0.15, -0.1) is 0 Å². The molecule has 3 aromatic carbocycles. The van der Waals surface area contributed by atoms with Gasteiger partial charge in [0.2, 0.25) is 0 Å². The molecule has 3 N–H and O–H groups in total. The molecule has 4 aromatic rings. The summed E-state index contributed by atoms with van der Waals surface area (Å²) in [6.45, 7) is 0.489. The van der Waals surface area contributed by atoms with E-state index in [1.807, 2.05) is 0 Å². The maximum absolute atomic E-state index is 13.5. The van der Waals surface area contributed by atoms with Gasteiger partial charge in [-0.2, -0.15) is 4.98 Å². The summed E-state index contributed by atoms with van der Waals surface area (Å²) in [4.78, 5) is 56.9. The first kappa shape index (κ1) is 31.6. The minimum absolute atomic E-state index is 0.0748. The molecule has 4 atom stereocenters. The molecule has 0 bridgehead atoms. The summed E-state index contributed by atoms with van der Waals surface area (Å²) in [6.07, 6.45) is -2.90. The van der Waals surface area contributed by atoms with Crippen molar-refractivity contribution in [3.63, 3.8) is 0 Å². The van der Waals surface area contributed by atoms with E-state index in [9.17, 15) is 24.3 Å². The average Bonchev–Trinajstić information content (AvgIpc) is 3.34. The molecule has 0 unspecified atom stereocenters. The highest BCUT2D eigenvalue weighted by Gasteiger charge is 2.60. The van der Waals surface area contributed by atoms with Crippen LogP contribution in [0.1, 0.15) is 49.8 Å². The van der Waals surface area contributed by atoms with E-state index in [4.69, 9.17) is 24.7 Å². The second-order valence-electron chi connectivity index (χ2n) is 10.3. The second kappa shape index (κ2) is 13.9. The van der Waals surface area contributed by atoms with Gasteiger partial charge < -0.3 is 29.8 Å². The fraction of sp³-hybridized carbons (Fsp3) is 0.206. The largest absolute Gasteiger partial charge is 0.459 e. The molecule has 2 heterocycles. The van der Waals surface area contributed by atoms with Crippen molar-refractivity contribution in [2.75, 3.05) is 18.9 Å². The van der Waals surface area contributed by atoms with Crippen molar-refractivity contribution in [3.05, 3.63) is 130 Å². The Labute approximate surface area is 263 Å². The topological polar surface area (TPSA) is 169 Å². The van der Waals surface area contributed by atoms with Gasteiger partial charge in [-0.25, -0.2) is 19.2 Å². The average molecular weight is 624 g/mol. The normalized spacial score (nSPS) is 20.2. The predicted octanol–water partition coefficient (Wildman–Crippen LogP) is 2.77. The lowest BCUT2D eigenvalue weighted by atomic mass is 9.95. The number of carbonyl (C=O) groups is 3. The van der Waals surface area contributed by atoms with Gasteiger partial charge in [0.15, 0.2) is 17.9 Å². The van der Waals surface area contributed by atoms with Crippen LogP contribution in [-0.4, -0.2) is 63.6 Å². The first-order valence-electron chi connectivity index (χ1n) is 14.1. The molecular weight excluding hydrogens is 594 g/mol. The molecule has 1 aliphatic rings. The lowest BCUT2D eigenvalue weighted by Gasteiger charge is -2.34. The molecule has 46 heavy (non-hydrogen) atoms. The lowest BCUT2D eigenvalue weighted by molar-refractivity contribution is -0.111. The molecule has 0 radical (unpaired) electrons. The lowest BCUT2D eigenvalue weighted by Crippen LogP contribution is -2.51. The van der Waals surface area contributed by atoms with Crippen molar-refractivity contribution in [2.45, 2.75) is 31.0 Å². The Hall–Kier alpha value is -5.77. The number of aromatic nitrogens is 2. The monoisotopic (exact) mass is 623 g/mol. The minimum atomic E-state index is -1.91. The third-order valence-corrected chi connectivity index (χ3v) is 7.19. The molecule has 5 rings (SSSR count). The number of rotatable bonds is 8. The van der Waals surface area contributed by atoms with E-state index in [0.29, 0.717) is 0 Å². The van der Waals surface area contributed by atoms with Crippen molar-refractivity contribution in [3.8, 4) is 11.8 Å². The molecule has 12 heteroatoms. The molecule has 0 saturated carbocycles. The fourth-order valence-corrected chi connectivity index (χ4v) is 4.94. The van der Waals surface area contributed by atoms with Crippen LogP contribution in [-0.2, 0) is 18.9 Å². The first-order chi connectivity index (χ1) is 22.2. The number of carbonyl (C=O) groups excluding carboxylic acids is 3. The highest BCUT2D eigenvalue weighted by atomic mass is 16.7. The summed E-state index contributed by atoms with van der Waals surface area (Å²) < 4.78 is 24.8. The Morgan fingerprint density at radius 3 is 2.02 bits per heavy atom. The number of benzene rings is 3. The van der Waals surface area contributed by atoms with Gasteiger partial charge in [0.1, 0.15) is 25.1 Å². The first-order valence-corrected chi connectivity index (χ1v) is 14.1. The van der Waals surface area contributed by atoms with Crippen LogP contribution in [0.4, 0.5) is 5.82 Å².